The predicted molar refractivity (Wildman–Crippen MR) is 73.8 cm³/mol. The largest absolute Gasteiger partial charge is 0.365 e. The van der Waals surface area contributed by atoms with Gasteiger partial charge in [0.2, 0.25) is 0 Å². The highest BCUT2D eigenvalue weighted by Gasteiger charge is 2.13. The van der Waals surface area contributed by atoms with Crippen LogP contribution in [0.2, 0.25) is 0 Å². The first kappa shape index (κ1) is 12.3. The maximum Gasteiger partial charge on any atom is 0.140 e. The maximum absolute atomic E-state index is 4.37. The van der Waals surface area contributed by atoms with E-state index in [1.807, 2.05) is 12.3 Å². The number of halogens is 2. The van der Waals surface area contributed by atoms with Gasteiger partial charge < -0.3 is 10.6 Å². The lowest BCUT2D eigenvalue weighted by Gasteiger charge is -2.17. The van der Waals surface area contributed by atoms with Crippen LogP contribution in [0.25, 0.3) is 0 Å². The molecule has 1 unspecified atom stereocenters. The van der Waals surface area contributed by atoms with Gasteiger partial charge in [0, 0.05) is 23.3 Å². The first-order chi connectivity index (χ1) is 7.75. The van der Waals surface area contributed by atoms with Gasteiger partial charge in [0.15, 0.2) is 0 Å². The number of nitrogens with zero attached hydrogens (tertiary/aromatic N) is 1. The van der Waals surface area contributed by atoms with Crippen LogP contribution in [0.15, 0.2) is 21.2 Å². The van der Waals surface area contributed by atoms with E-state index < -0.39 is 0 Å². The standard InChI is InChI=1S/C11H15Br2N3/c12-8-5-10(13)11(15-6-8)16-9-3-1-2-4-14-7-9/h5-6,9,14H,1-4,7H2,(H,15,16). The topological polar surface area (TPSA) is 37.0 Å². The molecule has 1 aliphatic heterocycles. The summed E-state index contributed by atoms with van der Waals surface area (Å²) in [5.74, 6) is 0.928. The molecule has 0 aliphatic carbocycles. The van der Waals surface area contributed by atoms with Crippen molar-refractivity contribution < 1.29 is 0 Å². The highest BCUT2D eigenvalue weighted by molar-refractivity contribution is 9.11. The highest BCUT2D eigenvalue weighted by atomic mass is 79.9. The van der Waals surface area contributed by atoms with Gasteiger partial charge in [-0.3, -0.25) is 0 Å². The summed E-state index contributed by atoms with van der Waals surface area (Å²) < 4.78 is 2.00. The summed E-state index contributed by atoms with van der Waals surface area (Å²) in [4.78, 5) is 4.37. The number of hydrogen-bond donors (Lipinski definition) is 2. The molecule has 0 saturated carbocycles. The Morgan fingerprint density at radius 1 is 1.38 bits per heavy atom. The lowest BCUT2D eigenvalue weighted by Crippen LogP contribution is -2.31. The number of pyridine rings is 1. The van der Waals surface area contributed by atoms with E-state index in [1.165, 1.54) is 19.3 Å². The molecule has 1 aromatic heterocycles. The van der Waals surface area contributed by atoms with E-state index >= 15 is 0 Å². The average molecular weight is 349 g/mol. The molecular formula is C11H15Br2N3. The zero-order chi connectivity index (χ0) is 11.4. The van der Waals surface area contributed by atoms with Gasteiger partial charge in [-0.15, -0.1) is 0 Å². The monoisotopic (exact) mass is 347 g/mol. The second-order valence-electron chi connectivity index (χ2n) is 4.03. The molecule has 0 spiro atoms. The number of nitrogens with one attached hydrogen (secondary N) is 2. The van der Waals surface area contributed by atoms with Crippen molar-refractivity contribution in [2.24, 2.45) is 0 Å². The van der Waals surface area contributed by atoms with E-state index in [2.05, 4.69) is 47.5 Å². The minimum absolute atomic E-state index is 0.479. The normalized spacial score (nSPS) is 21.5. The molecule has 2 heterocycles. The Balaban J connectivity index is 2.01. The Morgan fingerprint density at radius 2 is 2.25 bits per heavy atom. The Kier molecular flexibility index (Phi) is 4.61. The van der Waals surface area contributed by atoms with E-state index in [4.69, 9.17) is 0 Å². The molecule has 5 heteroatoms. The SMILES string of the molecule is Brc1cnc(NC2CCCCNC2)c(Br)c1. The summed E-state index contributed by atoms with van der Waals surface area (Å²) in [6.07, 6.45) is 5.57. The predicted octanol–water partition coefficient (Wildman–Crippen LogP) is 3.16. The first-order valence-corrected chi connectivity index (χ1v) is 7.12. The van der Waals surface area contributed by atoms with Crippen LogP contribution in [0.5, 0.6) is 0 Å². The molecule has 3 nitrogen and oxygen atoms in total. The van der Waals surface area contributed by atoms with Crippen LogP contribution in [-0.4, -0.2) is 24.1 Å². The summed E-state index contributed by atoms with van der Waals surface area (Å²) in [5, 5.41) is 6.91. The van der Waals surface area contributed by atoms with Crippen LogP contribution in [-0.2, 0) is 0 Å². The Labute approximate surface area is 113 Å². The molecule has 0 amide bonds. The summed E-state index contributed by atoms with van der Waals surface area (Å²) in [7, 11) is 0. The fourth-order valence-corrected chi connectivity index (χ4v) is 2.96. The van der Waals surface area contributed by atoms with E-state index in [1.54, 1.807) is 0 Å². The van der Waals surface area contributed by atoms with Gasteiger partial charge in [-0.2, -0.15) is 0 Å². The zero-order valence-corrected chi connectivity index (χ0v) is 12.1. The molecular weight excluding hydrogens is 334 g/mol. The van der Waals surface area contributed by atoms with Crippen LogP contribution in [0.3, 0.4) is 0 Å². The van der Waals surface area contributed by atoms with Crippen molar-refractivity contribution in [1.29, 1.82) is 0 Å². The number of rotatable bonds is 2. The van der Waals surface area contributed by atoms with E-state index in [-0.39, 0.29) is 0 Å². The Morgan fingerprint density at radius 3 is 3.06 bits per heavy atom. The van der Waals surface area contributed by atoms with Gasteiger partial charge in [0.1, 0.15) is 5.82 Å². The van der Waals surface area contributed by atoms with Gasteiger partial charge >= 0.3 is 0 Å². The lowest BCUT2D eigenvalue weighted by atomic mass is 10.1. The molecule has 0 radical (unpaired) electrons. The molecule has 2 rings (SSSR count). The van der Waals surface area contributed by atoms with Crippen molar-refractivity contribution in [3.63, 3.8) is 0 Å². The Hall–Kier alpha value is -0.130. The minimum Gasteiger partial charge on any atom is -0.365 e. The maximum atomic E-state index is 4.37. The second kappa shape index (κ2) is 5.98. The van der Waals surface area contributed by atoms with Crippen molar-refractivity contribution >= 4 is 37.7 Å². The van der Waals surface area contributed by atoms with Gasteiger partial charge in [-0.25, -0.2) is 4.98 Å². The third-order valence-electron chi connectivity index (χ3n) is 2.70. The van der Waals surface area contributed by atoms with Crippen LogP contribution >= 0.6 is 31.9 Å². The quantitative estimate of drug-likeness (QED) is 0.861. The van der Waals surface area contributed by atoms with E-state index in [0.717, 1.165) is 27.9 Å². The summed E-state index contributed by atoms with van der Waals surface area (Å²) in [6, 6.07) is 2.49. The number of hydrogen-bond acceptors (Lipinski definition) is 3. The fourth-order valence-electron chi connectivity index (χ4n) is 1.86. The second-order valence-corrected chi connectivity index (χ2v) is 5.80. The van der Waals surface area contributed by atoms with Gasteiger partial charge in [-0.1, -0.05) is 6.42 Å². The minimum atomic E-state index is 0.479. The van der Waals surface area contributed by atoms with Crippen molar-refractivity contribution in [2.45, 2.75) is 25.3 Å². The third-order valence-corrected chi connectivity index (χ3v) is 3.73. The molecule has 0 aromatic carbocycles. The molecule has 2 N–H and O–H groups in total. The molecule has 1 aliphatic rings. The first-order valence-electron chi connectivity index (χ1n) is 5.54. The molecule has 1 saturated heterocycles. The third kappa shape index (κ3) is 3.43. The lowest BCUT2D eigenvalue weighted by molar-refractivity contribution is 0.633. The fraction of sp³-hybridized carbons (Fsp3) is 0.545. The summed E-state index contributed by atoms with van der Waals surface area (Å²) in [5.41, 5.74) is 0. The van der Waals surface area contributed by atoms with Crippen molar-refractivity contribution in [2.75, 3.05) is 18.4 Å². The van der Waals surface area contributed by atoms with Crippen LogP contribution in [0.1, 0.15) is 19.3 Å². The van der Waals surface area contributed by atoms with Crippen LogP contribution in [0.4, 0.5) is 5.82 Å². The van der Waals surface area contributed by atoms with Crippen molar-refractivity contribution in [3.8, 4) is 0 Å². The summed E-state index contributed by atoms with van der Waals surface area (Å²) >= 11 is 6.92. The van der Waals surface area contributed by atoms with Crippen LogP contribution < -0.4 is 10.6 Å². The zero-order valence-electron chi connectivity index (χ0n) is 8.97. The highest BCUT2D eigenvalue weighted by Crippen LogP contribution is 2.24. The van der Waals surface area contributed by atoms with Gasteiger partial charge in [-0.05, 0) is 57.3 Å². The molecule has 0 bridgehead atoms. The molecule has 1 aromatic rings. The molecule has 1 fully saturated rings. The molecule has 1 atom stereocenters. The number of aromatic nitrogens is 1. The van der Waals surface area contributed by atoms with Crippen LogP contribution in [0, 0.1) is 0 Å². The van der Waals surface area contributed by atoms with E-state index in [9.17, 15) is 0 Å². The summed E-state index contributed by atoms with van der Waals surface area (Å²) in [6.45, 7) is 2.15. The van der Waals surface area contributed by atoms with Crippen molar-refractivity contribution in [1.82, 2.24) is 10.3 Å². The van der Waals surface area contributed by atoms with Gasteiger partial charge in [0.05, 0.1) is 4.47 Å². The van der Waals surface area contributed by atoms with Crippen molar-refractivity contribution in [3.05, 3.63) is 21.2 Å². The average Bonchev–Trinajstić information content (AvgIpc) is 2.51. The van der Waals surface area contributed by atoms with Gasteiger partial charge in [0.25, 0.3) is 0 Å². The van der Waals surface area contributed by atoms with E-state index in [0.29, 0.717) is 6.04 Å². The smallest absolute Gasteiger partial charge is 0.140 e. The Bertz CT molecular complexity index is 349. The molecule has 16 heavy (non-hydrogen) atoms. The molecule has 88 valence electrons. The number of anilines is 1.